The number of thioether (sulfide) groups is 1. The van der Waals surface area contributed by atoms with Crippen LogP contribution in [0.4, 0.5) is 0 Å². The summed E-state index contributed by atoms with van der Waals surface area (Å²) in [5.74, 6) is 3.94. The first-order valence-corrected chi connectivity index (χ1v) is 5.98. The lowest BCUT2D eigenvalue weighted by Gasteiger charge is -2.24. The quantitative estimate of drug-likeness (QED) is 0.613. The molecule has 0 radical (unpaired) electrons. The van der Waals surface area contributed by atoms with Crippen molar-refractivity contribution in [3.8, 4) is 0 Å². The highest BCUT2D eigenvalue weighted by Crippen LogP contribution is 2.24. The van der Waals surface area contributed by atoms with Crippen LogP contribution in [-0.4, -0.2) is 12.0 Å². The van der Waals surface area contributed by atoms with Crippen molar-refractivity contribution < 1.29 is 0 Å². The number of hydrogen-bond donors (Lipinski definition) is 0. The van der Waals surface area contributed by atoms with Gasteiger partial charge in [0, 0.05) is 0 Å². The fourth-order valence-electron chi connectivity index (χ4n) is 1.69. The molecule has 0 aliphatic heterocycles. The maximum atomic E-state index is 2.34. The van der Waals surface area contributed by atoms with Crippen molar-refractivity contribution in [1.29, 1.82) is 0 Å². The van der Waals surface area contributed by atoms with Crippen LogP contribution in [0.15, 0.2) is 0 Å². The minimum Gasteiger partial charge on any atom is -0.165 e. The normalized spacial score (nSPS) is 12.0. The van der Waals surface area contributed by atoms with E-state index in [0.717, 1.165) is 17.8 Å². The Morgan fingerprint density at radius 3 is 1.73 bits per heavy atom. The molecule has 68 valence electrons. The maximum absolute atomic E-state index is 2.34. The van der Waals surface area contributed by atoms with E-state index >= 15 is 0 Å². The summed E-state index contributed by atoms with van der Waals surface area (Å²) in [6.07, 6.45) is 3.58. The van der Waals surface area contributed by atoms with Crippen LogP contribution in [0.25, 0.3) is 0 Å². The van der Waals surface area contributed by atoms with Gasteiger partial charge in [0.15, 0.2) is 0 Å². The second kappa shape index (κ2) is 5.93. The molecule has 0 N–H and O–H groups in total. The van der Waals surface area contributed by atoms with E-state index in [-0.39, 0.29) is 0 Å². The van der Waals surface area contributed by atoms with E-state index in [4.69, 9.17) is 0 Å². The summed E-state index contributed by atoms with van der Waals surface area (Å²) in [5.41, 5.74) is 0. The molecule has 0 unspecified atom stereocenters. The lowest BCUT2D eigenvalue weighted by atomic mass is 9.84. The molecule has 0 aromatic heterocycles. The highest BCUT2D eigenvalue weighted by molar-refractivity contribution is 7.98. The Labute approximate surface area is 76.1 Å². The Hall–Kier alpha value is 0.350. The van der Waals surface area contributed by atoms with Crippen LogP contribution in [0.5, 0.6) is 0 Å². The highest BCUT2D eigenvalue weighted by Gasteiger charge is 2.16. The van der Waals surface area contributed by atoms with Crippen LogP contribution in [0.1, 0.15) is 34.1 Å². The van der Waals surface area contributed by atoms with Gasteiger partial charge in [0.05, 0.1) is 0 Å². The predicted octanol–water partition coefficient (Wildman–Crippen LogP) is 3.67. The Morgan fingerprint density at radius 2 is 1.45 bits per heavy atom. The minimum absolute atomic E-state index is 0.849. The van der Waals surface area contributed by atoms with E-state index in [9.17, 15) is 0 Å². The van der Waals surface area contributed by atoms with Crippen LogP contribution in [-0.2, 0) is 0 Å². The summed E-state index contributed by atoms with van der Waals surface area (Å²) in [7, 11) is 0. The monoisotopic (exact) mass is 174 g/mol. The molecule has 0 amide bonds. The van der Waals surface area contributed by atoms with Gasteiger partial charge in [0.25, 0.3) is 0 Å². The molecule has 11 heavy (non-hydrogen) atoms. The lowest BCUT2D eigenvalue weighted by Crippen LogP contribution is -2.16. The second-order valence-electron chi connectivity index (χ2n) is 3.93. The van der Waals surface area contributed by atoms with Crippen LogP contribution in [0.3, 0.4) is 0 Å². The molecule has 0 saturated carbocycles. The summed E-state index contributed by atoms with van der Waals surface area (Å²) in [4.78, 5) is 0. The highest BCUT2D eigenvalue weighted by atomic mass is 32.2. The summed E-state index contributed by atoms with van der Waals surface area (Å²) < 4.78 is 0. The third kappa shape index (κ3) is 4.73. The topological polar surface area (TPSA) is 0 Å². The molecule has 1 heteroatoms. The first-order valence-electron chi connectivity index (χ1n) is 4.58. The third-order valence-corrected chi connectivity index (χ3v) is 3.01. The molecule has 0 nitrogen and oxygen atoms in total. The van der Waals surface area contributed by atoms with Crippen LogP contribution >= 0.6 is 11.8 Å². The van der Waals surface area contributed by atoms with Crippen molar-refractivity contribution >= 4 is 11.8 Å². The van der Waals surface area contributed by atoms with Crippen LogP contribution in [0, 0.1) is 17.8 Å². The molecule has 0 aliphatic carbocycles. The third-order valence-electron chi connectivity index (χ3n) is 2.37. The summed E-state index contributed by atoms with van der Waals surface area (Å²) in [6.45, 7) is 9.35. The summed E-state index contributed by atoms with van der Waals surface area (Å²) in [6, 6.07) is 0. The zero-order valence-corrected chi connectivity index (χ0v) is 9.37. The van der Waals surface area contributed by atoms with E-state index < -0.39 is 0 Å². The molecular formula is C10H22S. The predicted molar refractivity (Wildman–Crippen MR) is 56.2 cm³/mol. The largest absolute Gasteiger partial charge is 0.165 e. The Morgan fingerprint density at radius 1 is 1.00 bits per heavy atom. The van der Waals surface area contributed by atoms with E-state index in [1.54, 1.807) is 0 Å². The molecule has 0 atom stereocenters. The van der Waals surface area contributed by atoms with Gasteiger partial charge in [0.1, 0.15) is 0 Å². The van der Waals surface area contributed by atoms with E-state index in [1.807, 2.05) is 11.8 Å². The smallest absolute Gasteiger partial charge is 0.00675 e. The standard InChI is InChI=1S/C10H22S/c1-8(2)10(9(3)4)6-7-11-5/h8-10H,6-7H2,1-5H3. The van der Waals surface area contributed by atoms with E-state index in [2.05, 4.69) is 34.0 Å². The van der Waals surface area contributed by atoms with E-state index in [0.29, 0.717) is 0 Å². The molecule has 0 aromatic carbocycles. The molecule has 0 heterocycles. The maximum Gasteiger partial charge on any atom is -0.00675 e. The van der Waals surface area contributed by atoms with Gasteiger partial charge >= 0.3 is 0 Å². The van der Waals surface area contributed by atoms with E-state index in [1.165, 1.54) is 12.2 Å². The molecular weight excluding hydrogens is 152 g/mol. The van der Waals surface area contributed by atoms with Gasteiger partial charge in [0.2, 0.25) is 0 Å². The molecule has 0 fully saturated rings. The van der Waals surface area contributed by atoms with Gasteiger partial charge < -0.3 is 0 Å². The summed E-state index contributed by atoms with van der Waals surface area (Å²) in [5, 5.41) is 0. The van der Waals surface area contributed by atoms with Crippen molar-refractivity contribution in [2.75, 3.05) is 12.0 Å². The molecule has 0 saturated heterocycles. The average molecular weight is 174 g/mol. The van der Waals surface area contributed by atoms with Crippen molar-refractivity contribution in [2.45, 2.75) is 34.1 Å². The molecule has 0 bridgehead atoms. The second-order valence-corrected chi connectivity index (χ2v) is 4.92. The first-order chi connectivity index (χ1) is 5.09. The molecule has 0 aromatic rings. The Kier molecular flexibility index (Phi) is 6.12. The molecule has 0 rings (SSSR count). The average Bonchev–Trinajstić information content (AvgIpc) is 1.87. The van der Waals surface area contributed by atoms with Gasteiger partial charge in [-0.2, -0.15) is 11.8 Å². The van der Waals surface area contributed by atoms with Gasteiger partial charge in [-0.25, -0.2) is 0 Å². The van der Waals surface area contributed by atoms with Gasteiger partial charge in [-0.3, -0.25) is 0 Å². The Balaban J connectivity index is 3.70. The van der Waals surface area contributed by atoms with Crippen LogP contribution in [0.2, 0.25) is 0 Å². The van der Waals surface area contributed by atoms with Crippen molar-refractivity contribution in [2.24, 2.45) is 17.8 Å². The Bertz CT molecular complexity index is 78.9. The number of hydrogen-bond acceptors (Lipinski definition) is 1. The van der Waals surface area contributed by atoms with Crippen molar-refractivity contribution in [3.63, 3.8) is 0 Å². The number of rotatable bonds is 5. The van der Waals surface area contributed by atoms with Gasteiger partial charge in [-0.15, -0.1) is 0 Å². The van der Waals surface area contributed by atoms with Gasteiger partial charge in [-0.05, 0) is 36.2 Å². The molecule has 0 aliphatic rings. The zero-order valence-electron chi connectivity index (χ0n) is 8.55. The summed E-state index contributed by atoms with van der Waals surface area (Å²) >= 11 is 1.96. The molecule has 0 spiro atoms. The lowest BCUT2D eigenvalue weighted by molar-refractivity contribution is 0.281. The first kappa shape index (κ1) is 11.4. The zero-order chi connectivity index (χ0) is 8.85. The minimum atomic E-state index is 0.849. The fraction of sp³-hybridized carbons (Fsp3) is 1.00. The fourth-order valence-corrected chi connectivity index (χ4v) is 2.20. The SMILES string of the molecule is CSCCC(C(C)C)C(C)C. The van der Waals surface area contributed by atoms with Crippen molar-refractivity contribution in [1.82, 2.24) is 0 Å². The van der Waals surface area contributed by atoms with Crippen LogP contribution < -0.4 is 0 Å². The van der Waals surface area contributed by atoms with Gasteiger partial charge in [-0.1, -0.05) is 27.7 Å². The van der Waals surface area contributed by atoms with Crippen molar-refractivity contribution in [3.05, 3.63) is 0 Å².